The highest BCUT2D eigenvalue weighted by molar-refractivity contribution is 5.88. The van der Waals surface area contributed by atoms with Crippen molar-refractivity contribution < 1.29 is 4.79 Å². The van der Waals surface area contributed by atoms with E-state index in [1.54, 1.807) is 0 Å². The lowest BCUT2D eigenvalue weighted by atomic mass is 9.43. The van der Waals surface area contributed by atoms with Crippen molar-refractivity contribution in [3.05, 3.63) is 0 Å². The molecule has 0 radical (unpaired) electrons. The first-order chi connectivity index (χ1) is 10.9. The van der Waals surface area contributed by atoms with E-state index in [1.807, 2.05) is 0 Å². The second-order valence-electron chi connectivity index (χ2n) is 10.0. The Hall–Kier alpha value is -0.330. The van der Waals surface area contributed by atoms with Crippen LogP contribution in [0.2, 0.25) is 0 Å². The Bertz CT molecular complexity index is 496. The minimum Gasteiger partial charge on any atom is -0.299 e. The summed E-state index contributed by atoms with van der Waals surface area (Å²) >= 11 is 0. The van der Waals surface area contributed by atoms with Crippen molar-refractivity contribution in [3.63, 3.8) is 0 Å². The van der Waals surface area contributed by atoms with Gasteiger partial charge in [0.15, 0.2) is 0 Å². The second kappa shape index (κ2) is 5.33. The van der Waals surface area contributed by atoms with Crippen LogP contribution in [0.5, 0.6) is 0 Å². The molecule has 8 atom stereocenters. The van der Waals surface area contributed by atoms with Crippen LogP contribution in [0, 0.1) is 46.3 Å². The average Bonchev–Trinajstić information content (AvgIpc) is 2.88. The van der Waals surface area contributed by atoms with Crippen molar-refractivity contribution in [3.8, 4) is 0 Å². The van der Waals surface area contributed by atoms with Crippen LogP contribution >= 0.6 is 0 Å². The molecule has 0 N–H and O–H groups in total. The van der Waals surface area contributed by atoms with Gasteiger partial charge in [-0.3, -0.25) is 4.79 Å². The van der Waals surface area contributed by atoms with Crippen molar-refractivity contribution in [1.29, 1.82) is 0 Å². The molecule has 0 aromatic rings. The van der Waals surface area contributed by atoms with E-state index in [0.717, 1.165) is 24.2 Å². The van der Waals surface area contributed by atoms with E-state index in [-0.39, 0.29) is 5.41 Å². The van der Waals surface area contributed by atoms with Gasteiger partial charge in [0.05, 0.1) is 0 Å². The maximum Gasteiger partial charge on any atom is 0.142 e. The Morgan fingerprint density at radius 2 is 1.70 bits per heavy atom. The van der Waals surface area contributed by atoms with Crippen LogP contribution in [0.4, 0.5) is 0 Å². The lowest BCUT2D eigenvalue weighted by Gasteiger charge is -2.60. The van der Waals surface area contributed by atoms with Gasteiger partial charge in [-0.25, -0.2) is 0 Å². The molecule has 0 aromatic carbocycles. The summed E-state index contributed by atoms with van der Waals surface area (Å²) in [5, 5.41) is 0. The number of carbonyl (C=O) groups excluding carboxylic acids is 1. The van der Waals surface area contributed by atoms with Gasteiger partial charge >= 0.3 is 0 Å². The Morgan fingerprint density at radius 3 is 2.43 bits per heavy atom. The first kappa shape index (κ1) is 16.2. The summed E-state index contributed by atoms with van der Waals surface area (Å²) in [6.45, 7) is 9.59. The summed E-state index contributed by atoms with van der Waals surface area (Å²) in [6.07, 6.45) is 12.2. The summed E-state index contributed by atoms with van der Waals surface area (Å²) < 4.78 is 0. The lowest BCUT2D eigenvalue weighted by molar-refractivity contribution is -0.160. The van der Waals surface area contributed by atoms with Crippen LogP contribution in [-0.2, 0) is 4.79 Å². The molecule has 130 valence electrons. The van der Waals surface area contributed by atoms with Gasteiger partial charge < -0.3 is 0 Å². The fraction of sp³-hybridized carbons (Fsp3) is 0.955. The fourth-order valence-corrected chi connectivity index (χ4v) is 8.15. The first-order valence-corrected chi connectivity index (χ1v) is 10.5. The van der Waals surface area contributed by atoms with Crippen LogP contribution in [0.3, 0.4) is 0 Å². The van der Waals surface area contributed by atoms with E-state index in [0.29, 0.717) is 29.0 Å². The zero-order valence-corrected chi connectivity index (χ0v) is 15.7. The highest BCUT2D eigenvalue weighted by Crippen LogP contribution is 2.67. The highest BCUT2D eigenvalue weighted by atomic mass is 16.1. The normalized spacial score (nSPS) is 55.9. The third-order valence-corrected chi connectivity index (χ3v) is 9.52. The topological polar surface area (TPSA) is 17.1 Å². The lowest BCUT2D eigenvalue weighted by Crippen LogP contribution is -2.57. The van der Waals surface area contributed by atoms with Crippen molar-refractivity contribution in [2.75, 3.05) is 0 Å². The molecule has 0 amide bonds. The Balaban J connectivity index is 1.67. The molecule has 0 aliphatic heterocycles. The Kier molecular flexibility index (Phi) is 3.75. The number of carbonyl (C=O) groups is 1. The van der Waals surface area contributed by atoms with Crippen LogP contribution < -0.4 is 0 Å². The molecule has 23 heavy (non-hydrogen) atoms. The molecule has 0 bridgehead atoms. The van der Waals surface area contributed by atoms with Crippen molar-refractivity contribution in [2.24, 2.45) is 46.3 Å². The molecular weight excluding hydrogens is 280 g/mol. The molecule has 0 heterocycles. The van der Waals surface area contributed by atoms with Crippen LogP contribution in [0.15, 0.2) is 0 Å². The van der Waals surface area contributed by atoms with Crippen molar-refractivity contribution in [2.45, 2.75) is 85.5 Å². The zero-order chi connectivity index (χ0) is 16.4. The largest absolute Gasteiger partial charge is 0.299 e. The van der Waals surface area contributed by atoms with Gasteiger partial charge in [-0.15, -0.1) is 0 Å². The molecule has 1 nitrogen and oxygen atoms in total. The Labute approximate surface area is 143 Å². The molecule has 4 aliphatic carbocycles. The van der Waals surface area contributed by atoms with Crippen molar-refractivity contribution >= 4 is 5.78 Å². The molecule has 0 aromatic heterocycles. The van der Waals surface area contributed by atoms with Gasteiger partial charge in [0.1, 0.15) is 5.78 Å². The van der Waals surface area contributed by atoms with Gasteiger partial charge in [0.2, 0.25) is 0 Å². The third-order valence-electron chi connectivity index (χ3n) is 9.52. The number of fused-ring (bicyclic) bond motifs is 5. The molecule has 1 unspecified atom stereocenters. The van der Waals surface area contributed by atoms with E-state index >= 15 is 0 Å². The van der Waals surface area contributed by atoms with E-state index in [1.165, 1.54) is 51.4 Å². The highest BCUT2D eigenvalue weighted by Gasteiger charge is 2.62. The quantitative estimate of drug-likeness (QED) is 0.591. The minimum absolute atomic E-state index is 0.0201. The number of Topliss-reactive ketones (excluding diaryl/α,β-unsaturated/α-hetero) is 1. The number of rotatable bonds is 1. The summed E-state index contributed by atoms with van der Waals surface area (Å²) in [7, 11) is 0. The third kappa shape index (κ3) is 2.00. The maximum absolute atomic E-state index is 13.2. The maximum atomic E-state index is 13.2. The van der Waals surface area contributed by atoms with E-state index in [9.17, 15) is 4.79 Å². The monoisotopic (exact) mass is 316 g/mol. The predicted octanol–water partition coefficient (Wildman–Crippen LogP) is 5.87. The van der Waals surface area contributed by atoms with Crippen molar-refractivity contribution in [1.82, 2.24) is 0 Å². The summed E-state index contributed by atoms with van der Waals surface area (Å²) in [5.41, 5.74) is 0.606. The van der Waals surface area contributed by atoms with E-state index < -0.39 is 0 Å². The summed E-state index contributed by atoms with van der Waals surface area (Å²) in [5.74, 6) is 5.05. The van der Waals surface area contributed by atoms with Crippen LogP contribution in [0.25, 0.3) is 0 Å². The molecular formula is C22H36O. The van der Waals surface area contributed by atoms with Crippen LogP contribution in [-0.4, -0.2) is 5.78 Å². The molecule has 1 heteroatoms. The number of hydrogen-bond acceptors (Lipinski definition) is 1. The smallest absolute Gasteiger partial charge is 0.142 e. The van der Waals surface area contributed by atoms with Gasteiger partial charge in [-0.05, 0) is 86.4 Å². The SMILES string of the molecule is CC[C@H]1CC[C@H]2[C@@H]3CC[C@H]4CCC(C)C(=O)[C@]4(C)[C@H]3CC[C@]12C. The van der Waals surface area contributed by atoms with Gasteiger partial charge in [-0.2, -0.15) is 0 Å². The standard InChI is InChI=1S/C22H36O/c1-5-15-9-11-18-17-10-8-16-7-6-14(2)20(23)22(16,4)19(17)12-13-21(15,18)3/h14-19H,5-13H2,1-4H3/t14?,15-,16+,17-,18-,19-,21+,22-/m0/s1. The average molecular weight is 317 g/mol. The van der Waals surface area contributed by atoms with E-state index in [2.05, 4.69) is 27.7 Å². The first-order valence-electron chi connectivity index (χ1n) is 10.5. The number of hydrogen-bond donors (Lipinski definition) is 0. The molecule has 0 spiro atoms. The van der Waals surface area contributed by atoms with Gasteiger partial charge in [0, 0.05) is 11.3 Å². The predicted molar refractivity (Wildman–Crippen MR) is 95.1 cm³/mol. The molecule has 0 saturated heterocycles. The molecule has 4 saturated carbocycles. The van der Waals surface area contributed by atoms with Gasteiger partial charge in [0.25, 0.3) is 0 Å². The summed E-state index contributed by atoms with van der Waals surface area (Å²) in [4.78, 5) is 13.2. The van der Waals surface area contributed by atoms with E-state index in [4.69, 9.17) is 0 Å². The number of ketones is 1. The summed E-state index contributed by atoms with van der Waals surface area (Å²) in [6, 6.07) is 0. The van der Waals surface area contributed by atoms with Crippen LogP contribution in [0.1, 0.15) is 85.5 Å². The second-order valence-corrected chi connectivity index (χ2v) is 10.0. The molecule has 4 fully saturated rings. The Morgan fingerprint density at radius 1 is 0.957 bits per heavy atom. The zero-order valence-electron chi connectivity index (χ0n) is 15.7. The minimum atomic E-state index is 0.0201. The molecule has 4 rings (SSSR count). The fourth-order valence-electron chi connectivity index (χ4n) is 8.15. The molecule has 4 aliphatic rings. The van der Waals surface area contributed by atoms with Gasteiger partial charge in [-0.1, -0.05) is 34.1 Å².